The maximum absolute atomic E-state index is 12.3. The third kappa shape index (κ3) is 3.80. The maximum Gasteiger partial charge on any atom is 0.277 e. The summed E-state index contributed by atoms with van der Waals surface area (Å²) in [5, 5.41) is 10.9. The van der Waals surface area contributed by atoms with Gasteiger partial charge in [-0.1, -0.05) is 5.16 Å². The number of aromatic nitrogens is 4. The quantitative estimate of drug-likeness (QED) is 0.758. The molecule has 4 heterocycles. The van der Waals surface area contributed by atoms with Crippen molar-refractivity contribution in [3.8, 4) is 11.3 Å². The number of anilines is 1. The van der Waals surface area contributed by atoms with Crippen molar-refractivity contribution in [1.82, 2.24) is 19.9 Å². The first-order valence-electron chi connectivity index (χ1n) is 8.60. The van der Waals surface area contributed by atoms with Crippen molar-refractivity contribution >= 4 is 11.6 Å². The van der Waals surface area contributed by atoms with Crippen LogP contribution in [0.3, 0.4) is 0 Å². The molecule has 1 saturated heterocycles. The van der Waals surface area contributed by atoms with Crippen LogP contribution in [0.25, 0.3) is 11.3 Å². The average Bonchev–Trinajstić information content (AvgIpc) is 3.33. The second-order valence-electron chi connectivity index (χ2n) is 6.21. The summed E-state index contributed by atoms with van der Waals surface area (Å²) in [4.78, 5) is 16.4. The molecule has 0 spiro atoms. The highest BCUT2D eigenvalue weighted by Gasteiger charge is 2.17. The zero-order chi connectivity index (χ0) is 17.8. The minimum atomic E-state index is -0.350. The van der Waals surface area contributed by atoms with Crippen molar-refractivity contribution in [2.75, 3.05) is 11.9 Å². The second kappa shape index (κ2) is 7.49. The first-order chi connectivity index (χ1) is 12.8. The van der Waals surface area contributed by atoms with Crippen LogP contribution in [0.2, 0.25) is 0 Å². The molecule has 0 radical (unpaired) electrons. The van der Waals surface area contributed by atoms with E-state index in [4.69, 9.17) is 9.26 Å². The molecular weight excluding hydrogens is 334 g/mol. The van der Waals surface area contributed by atoms with Crippen LogP contribution < -0.4 is 5.32 Å². The highest BCUT2D eigenvalue weighted by molar-refractivity contribution is 6.03. The van der Waals surface area contributed by atoms with E-state index in [0.29, 0.717) is 18.0 Å². The SMILES string of the molecule is O=C(Nc1cnn(CC2CCCCO2)c1)c1cc(-c2cccnc2)on1. The van der Waals surface area contributed by atoms with Crippen LogP contribution in [0.1, 0.15) is 29.8 Å². The molecule has 1 aliphatic heterocycles. The largest absolute Gasteiger partial charge is 0.376 e. The Morgan fingerprint density at radius 2 is 2.31 bits per heavy atom. The average molecular weight is 353 g/mol. The topological polar surface area (TPSA) is 95.1 Å². The van der Waals surface area contributed by atoms with Crippen molar-refractivity contribution in [2.45, 2.75) is 31.9 Å². The van der Waals surface area contributed by atoms with Crippen LogP contribution in [-0.2, 0) is 11.3 Å². The number of nitrogens with one attached hydrogen (secondary N) is 1. The van der Waals surface area contributed by atoms with Crippen molar-refractivity contribution in [2.24, 2.45) is 0 Å². The Labute approximate surface area is 150 Å². The van der Waals surface area contributed by atoms with E-state index in [-0.39, 0.29) is 17.7 Å². The number of nitrogens with zero attached hydrogens (tertiary/aromatic N) is 4. The number of hydrogen-bond acceptors (Lipinski definition) is 6. The number of rotatable bonds is 5. The molecule has 1 aliphatic rings. The van der Waals surface area contributed by atoms with Gasteiger partial charge in [0.15, 0.2) is 11.5 Å². The Hall–Kier alpha value is -3.00. The van der Waals surface area contributed by atoms with Crippen LogP contribution in [0, 0.1) is 0 Å². The predicted octanol–water partition coefficient (Wildman–Crippen LogP) is 2.75. The fourth-order valence-corrected chi connectivity index (χ4v) is 2.91. The molecule has 0 aliphatic carbocycles. The zero-order valence-corrected chi connectivity index (χ0v) is 14.2. The lowest BCUT2D eigenvalue weighted by Crippen LogP contribution is -2.24. The van der Waals surface area contributed by atoms with Crippen molar-refractivity contribution < 1.29 is 14.1 Å². The monoisotopic (exact) mass is 353 g/mol. The maximum atomic E-state index is 12.3. The molecule has 26 heavy (non-hydrogen) atoms. The second-order valence-corrected chi connectivity index (χ2v) is 6.21. The van der Waals surface area contributed by atoms with E-state index in [1.807, 2.05) is 6.07 Å². The van der Waals surface area contributed by atoms with Crippen LogP contribution in [0.4, 0.5) is 5.69 Å². The summed E-state index contributed by atoms with van der Waals surface area (Å²) in [6, 6.07) is 5.22. The lowest BCUT2D eigenvalue weighted by atomic mass is 10.1. The van der Waals surface area contributed by atoms with E-state index >= 15 is 0 Å². The molecule has 4 rings (SSSR count). The first-order valence-corrected chi connectivity index (χ1v) is 8.60. The van der Waals surface area contributed by atoms with E-state index in [0.717, 1.165) is 25.0 Å². The van der Waals surface area contributed by atoms with Crippen LogP contribution in [0.15, 0.2) is 47.5 Å². The van der Waals surface area contributed by atoms with Gasteiger partial charge in [-0.15, -0.1) is 0 Å². The molecule has 8 heteroatoms. The molecule has 3 aromatic heterocycles. The standard InChI is InChI=1S/C18H19N5O3/c24-18(16-8-17(26-22-16)13-4-3-6-19-9-13)21-14-10-20-23(11-14)12-15-5-1-2-7-25-15/h3-4,6,8-11,15H,1-2,5,7,12H2,(H,21,24). The fourth-order valence-electron chi connectivity index (χ4n) is 2.91. The molecule has 1 N–H and O–H groups in total. The van der Waals surface area contributed by atoms with E-state index in [2.05, 4.69) is 20.6 Å². The highest BCUT2D eigenvalue weighted by Crippen LogP contribution is 2.20. The third-order valence-corrected chi connectivity index (χ3v) is 4.24. The summed E-state index contributed by atoms with van der Waals surface area (Å²) in [7, 11) is 0. The number of hydrogen-bond donors (Lipinski definition) is 1. The zero-order valence-electron chi connectivity index (χ0n) is 14.2. The predicted molar refractivity (Wildman–Crippen MR) is 93.5 cm³/mol. The summed E-state index contributed by atoms with van der Waals surface area (Å²) in [6.07, 6.45) is 10.3. The Morgan fingerprint density at radius 1 is 1.35 bits per heavy atom. The van der Waals surface area contributed by atoms with Gasteiger partial charge in [-0.25, -0.2) is 0 Å². The van der Waals surface area contributed by atoms with Crippen molar-refractivity contribution in [1.29, 1.82) is 0 Å². The minimum Gasteiger partial charge on any atom is -0.376 e. The van der Waals surface area contributed by atoms with Crippen LogP contribution in [-0.4, -0.2) is 38.5 Å². The van der Waals surface area contributed by atoms with Gasteiger partial charge in [0.1, 0.15) is 0 Å². The number of amides is 1. The van der Waals surface area contributed by atoms with Gasteiger partial charge in [0.25, 0.3) is 5.91 Å². The summed E-state index contributed by atoms with van der Waals surface area (Å²) < 4.78 is 12.7. The molecule has 0 bridgehead atoms. The van der Waals surface area contributed by atoms with Gasteiger partial charge in [0.05, 0.1) is 24.5 Å². The van der Waals surface area contributed by atoms with Gasteiger partial charge in [-0.05, 0) is 31.4 Å². The van der Waals surface area contributed by atoms with Gasteiger partial charge in [0.2, 0.25) is 0 Å². The molecular formula is C18H19N5O3. The molecule has 0 aromatic carbocycles. The van der Waals surface area contributed by atoms with Crippen molar-refractivity contribution in [3.63, 3.8) is 0 Å². The summed E-state index contributed by atoms with van der Waals surface area (Å²) in [5.41, 5.74) is 1.57. The Bertz CT molecular complexity index is 868. The molecule has 1 amide bonds. The molecule has 3 aromatic rings. The molecule has 1 fully saturated rings. The molecule has 8 nitrogen and oxygen atoms in total. The van der Waals surface area contributed by atoms with Gasteiger partial charge in [-0.2, -0.15) is 5.10 Å². The Kier molecular flexibility index (Phi) is 4.74. The van der Waals surface area contributed by atoms with Crippen LogP contribution in [0.5, 0.6) is 0 Å². The third-order valence-electron chi connectivity index (χ3n) is 4.24. The minimum absolute atomic E-state index is 0.185. The summed E-state index contributed by atoms with van der Waals surface area (Å²) in [6.45, 7) is 1.49. The van der Waals surface area contributed by atoms with E-state index in [1.165, 1.54) is 6.42 Å². The smallest absolute Gasteiger partial charge is 0.277 e. The number of carbonyl (C=O) groups is 1. The number of pyridine rings is 1. The van der Waals surface area contributed by atoms with Gasteiger partial charge < -0.3 is 14.6 Å². The Morgan fingerprint density at radius 3 is 3.12 bits per heavy atom. The molecule has 0 saturated carbocycles. The van der Waals surface area contributed by atoms with Crippen LogP contribution >= 0.6 is 0 Å². The number of ether oxygens (including phenoxy) is 1. The summed E-state index contributed by atoms with van der Waals surface area (Å²) >= 11 is 0. The number of carbonyl (C=O) groups excluding carboxylic acids is 1. The Balaban J connectivity index is 1.38. The van der Waals surface area contributed by atoms with E-state index in [1.54, 1.807) is 41.6 Å². The normalized spacial score (nSPS) is 17.2. The molecule has 134 valence electrons. The van der Waals surface area contributed by atoms with Gasteiger partial charge in [-0.3, -0.25) is 14.5 Å². The highest BCUT2D eigenvalue weighted by atomic mass is 16.5. The first kappa shape index (κ1) is 16.5. The van der Waals surface area contributed by atoms with Gasteiger partial charge in [0, 0.05) is 36.8 Å². The van der Waals surface area contributed by atoms with Gasteiger partial charge >= 0.3 is 0 Å². The lowest BCUT2D eigenvalue weighted by molar-refractivity contribution is 0.00401. The van der Waals surface area contributed by atoms with E-state index < -0.39 is 0 Å². The van der Waals surface area contributed by atoms with E-state index in [9.17, 15) is 4.79 Å². The molecule has 1 unspecified atom stereocenters. The summed E-state index contributed by atoms with van der Waals surface area (Å²) in [5.74, 6) is 0.144. The molecule has 1 atom stereocenters. The van der Waals surface area contributed by atoms with Crippen molar-refractivity contribution in [3.05, 3.63) is 48.7 Å². The fraction of sp³-hybridized carbons (Fsp3) is 0.333. The lowest BCUT2D eigenvalue weighted by Gasteiger charge is -2.22.